The fraction of sp³-hybridized carbons (Fsp3) is 0.375. The number of benzene rings is 2. The summed E-state index contributed by atoms with van der Waals surface area (Å²) in [6.45, 7) is 0. The lowest BCUT2D eigenvalue weighted by Gasteiger charge is -2.30. The highest BCUT2D eigenvalue weighted by atomic mass is 16.5. The summed E-state index contributed by atoms with van der Waals surface area (Å²) in [6, 6.07) is 15.6. The summed E-state index contributed by atoms with van der Waals surface area (Å²) in [7, 11) is 5.59. The molecule has 0 aliphatic heterocycles. The largest absolute Gasteiger partial charge is 0.497 e. The molecule has 1 heterocycles. The Morgan fingerprint density at radius 3 is 2.50 bits per heavy atom. The van der Waals surface area contributed by atoms with Crippen LogP contribution in [0, 0.1) is 0 Å². The second-order valence-corrected chi connectivity index (χ2v) is 8.31. The van der Waals surface area contributed by atoms with Crippen molar-refractivity contribution < 1.29 is 9.53 Å². The molecule has 3 N–H and O–H groups in total. The van der Waals surface area contributed by atoms with Crippen molar-refractivity contribution in [2.45, 2.75) is 37.8 Å². The molecule has 0 spiro atoms. The Hall–Kier alpha value is -3.55. The van der Waals surface area contributed by atoms with E-state index in [4.69, 9.17) is 14.7 Å². The number of rotatable bonds is 6. The monoisotopic (exact) mass is 434 g/mol. The topological polar surface area (TPSA) is 91.4 Å². The van der Waals surface area contributed by atoms with Gasteiger partial charge in [0.05, 0.1) is 12.6 Å². The number of fused-ring (bicyclic) bond motifs is 1. The van der Waals surface area contributed by atoms with Crippen LogP contribution in [0.4, 0.5) is 22.2 Å². The van der Waals surface area contributed by atoms with Crippen molar-refractivity contribution in [3.63, 3.8) is 0 Å². The second-order valence-electron chi connectivity index (χ2n) is 8.31. The van der Waals surface area contributed by atoms with Crippen molar-refractivity contribution >= 4 is 34.4 Å². The molecule has 8 nitrogen and oxygen atoms in total. The molecule has 1 aromatic heterocycles. The van der Waals surface area contributed by atoms with E-state index < -0.39 is 0 Å². The number of hydrogen-bond acceptors (Lipinski definition) is 6. The van der Waals surface area contributed by atoms with Crippen molar-refractivity contribution in [3.05, 3.63) is 48.5 Å². The zero-order chi connectivity index (χ0) is 22.5. The molecule has 2 aromatic carbocycles. The predicted octanol–water partition coefficient (Wildman–Crippen LogP) is 4.25. The van der Waals surface area contributed by atoms with E-state index in [9.17, 15) is 4.79 Å². The minimum atomic E-state index is -0.192. The zero-order valence-electron chi connectivity index (χ0n) is 18.8. The van der Waals surface area contributed by atoms with E-state index in [2.05, 4.69) is 16.0 Å². The fourth-order valence-electron chi connectivity index (χ4n) is 4.08. The number of anilines is 3. The van der Waals surface area contributed by atoms with Crippen LogP contribution in [0.3, 0.4) is 0 Å². The number of hydrogen-bond donors (Lipinski definition) is 3. The Morgan fingerprint density at radius 1 is 1.00 bits per heavy atom. The SMILES string of the molecule is COc1cccc(NC(=O)NC2CCC(Nc3nc(N(C)C)c4ccccc4n3)CC2)c1. The molecule has 168 valence electrons. The number of carbonyl (C=O) groups excluding carboxylic acids is 1. The van der Waals surface area contributed by atoms with E-state index in [1.807, 2.05) is 61.5 Å². The Labute approximate surface area is 188 Å². The van der Waals surface area contributed by atoms with Gasteiger partial charge in [-0.1, -0.05) is 18.2 Å². The first-order chi connectivity index (χ1) is 15.5. The highest BCUT2D eigenvalue weighted by Gasteiger charge is 2.23. The van der Waals surface area contributed by atoms with Gasteiger partial charge in [0, 0.05) is 43.3 Å². The van der Waals surface area contributed by atoms with E-state index in [1.165, 1.54) is 0 Å². The number of ether oxygens (including phenoxy) is 1. The highest BCUT2D eigenvalue weighted by molar-refractivity contribution is 5.90. The van der Waals surface area contributed by atoms with Crippen molar-refractivity contribution in [1.82, 2.24) is 15.3 Å². The molecule has 3 aromatic rings. The summed E-state index contributed by atoms with van der Waals surface area (Å²) in [6.07, 6.45) is 3.68. The maximum atomic E-state index is 12.4. The first-order valence-electron chi connectivity index (χ1n) is 10.9. The van der Waals surface area contributed by atoms with E-state index in [-0.39, 0.29) is 18.1 Å². The molecule has 0 unspecified atom stereocenters. The van der Waals surface area contributed by atoms with E-state index in [0.717, 1.165) is 42.4 Å². The van der Waals surface area contributed by atoms with Crippen molar-refractivity contribution in [3.8, 4) is 5.75 Å². The number of nitrogens with one attached hydrogen (secondary N) is 3. The summed E-state index contributed by atoms with van der Waals surface area (Å²) in [5.74, 6) is 2.27. The lowest BCUT2D eigenvalue weighted by Crippen LogP contribution is -2.42. The Morgan fingerprint density at radius 2 is 1.75 bits per heavy atom. The van der Waals surface area contributed by atoms with Gasteiger partial charge in [-0.15, -0.1) is 0 Å². The summed E-state index contributed by atoms with van der Waals surface area (Å²) in [5, 5.41) is 10.5. The van der Waals surface area contributed by atoms with Crippen molar-refractivity contribution in [1.29, 1.82) is 0 Å². The van der Waals surface area contributed by atoms with Gasteiger partial charge in [0.25, 0.3) is 0 Å². The van der Waals surface area contributed by atoms with Crippen LogP contribution in [0.15, 0.2) is 48.5 Å². The molecule has 0 saturated heterocycles. The number of carbonyl (C=O) groups is 1. The quantitative estimate of drug-likeness (QED) is 0.537. The molecule has 1 fully saturated rings. The van der Waals surface area contributed by atoms with Gasteiger partial charge >= 0.3 is 6.03 Å². The van der Waals surface area contributed by atoms with Crippen molar-refractivity contribution in [2.24, 2.45) is 0 Å². The van der Waals surface area contributed by atoms with Crippen LogP contribution in [0.25, 0.3) is 10.9 Å². The van der Waals surface area contributed by atoms with Gasteiger partial charge in [0.2, 0.25) is 5.95 Å². The van der Waals surface area contributed by atoms with Gasteiger partial charge in [-0.25, -0.2) is 9.78 Å². The summed E-state index contributed by atoms with van der Waals surface area (Å²) in [5.41, 5.74) is 1.64. The minimum Gasteiger partial charge on any atom is -0.497 e. The number of para-hydroxylation sites is 1. The highest BCUT2D eigenvalue weighted by Crippen LogP contribution is 2.26. The molecule has 1 aliphatic carbocycles. The molecule has 4 rings (SSSR count). The number of aromatic nitrogens is 2. The Balaban J connectivity index is 1.31. The number of methoxy groups -OCH3 is 1. The predicted molar refractivity (Wildman–Crippen MR) is 129 cm³/mol. The fourth-order valence-corrected chi connectivity index (χ4v) is 4.08. The minimum absolute atomic E-state index is 0.147. The summed E-state index contributed by atoms with van der Waals surface area (Å²) < 4.78 is 5.20. The molecule has 8 heteroatoms. The molecule has 1 saturated carbocycles. The van der Waals surface area contributed by atoms with E-state index in [0.29, 0.717) is 17.4 Å². The first kappa shape index (κ1) is 21.7. The molecular formula is C24H30N6O2. The molecule has 2 amide bonds. The third-order valence-electron chi connectivity index (χ3n) is 5.73. The molecule has 0 atom stereocenters. The van der Waals surface area contributed by atoms with Gasteiger partial charge in [-0.3, -0.25) is 0 Å². The lowest BCUT2D eigenvalue weighted by molar-refractivity contribution is 0.243. The standard InChI is InChI=1S/C24H30N6O2/c1-30(2)22-20-9-4-5-10-21(20)28-23(29-22)25-16-11-13-17(14-12-16)26-24(31)27-18-7-6-8-19(15-18)32-3/h4-10,15-17H,11-14H2,1-3H3,(H,25,28,29)(H2,26,27,31). The van der Waals surface area contributed by atoms with Crippen LogP contribution >= 0.6 is 0 Å². The normalized spacial score (nSPS) is 18.1. The average Bonchev–Trinajstić information content (AvgIpc) is 2.80. The van der Waals surface area contributed by atoms with Gasteiger partial charge in [0.1, 0.15) is 11.6 Å². The number of nitrogens with zero attached hydrogens (tertiary/aromatic N) is 3. The number of urea groups is 1. The second kappa shape index (κ2) is 9.72. The van der Waals surface area contributed by atoms with Crippen LogP contribution in [0.5, 0.6) is 5.75 Å². The summed E-state index contributed by atoms with van der Waals surface area (Å²) in [4.78, 5) is 23.8. The first-order valence-corrected chi connectivity index (χ1v) is 10.9. The van der Waals surface area contributed by atoms with Gasteiger partial charge in [-0.2, -0.15) is 4.98 Å². The maximum absolute atomic E-state index is 12.4. The van der Waals surface area contributed by atoms with E-state index in [1.54, 1.807) is 13.2 Å². The zero-order valence-corrected chi connectivity index (χ0v) is 18.8. The van der Waals surface area contributed by atoms with Crippen LogP contribution in [0.2, 0.25) is 0 Å². The van der Waals surface area contributed by atoms with E-state index >= 15 is 0 Å². The lowest BCUT2D eigenvalue weighted by atomic mass is 9.91. The van der Waals surface area contributed by atoms with Crippen LogP contribution < -0.4 is 25.6 Å². The molecule has 0 bridgehead atoms. The van der Waals surface area contributed by atoms with Crippen LogP contribution in [0.1, 0.15) is 25.7 Å². The van der Waals surface area contributed by atoms with Gasteiger partial charge in [0.15, 0.2) is 0 Å². The molecule has 0 radical (unpaired) electrons. The summed E-state index contributed by atoms with van der Waals surface area (Å²) >= 11 is 0. The molecule has 1 aliphatic rings. The maximum Gasteiger partial charge on any atom is 0.319 e. The third kappa shape index (κ3) is 5.19. The Kier molecular flexibility index (Phi) is 6.58. The smallest absolute Gasteiger partial charge is 0.319 e. The van der Waals surface area contributed by atoms with Gasteiger partial charge < -0.3 is 25.6 Å². The third-order valence-corrected chi connectivity index (χ3v) is 5.73. The molecule has 32 heavy (non-hydrogen) atoms. The van der Waals surface area contributed by atoms with Crippen molar-refractivity contribution in [2.75, 3.05) is 36.7 Å². The average molecular weight is 435 g/mol. The number of amides is 2. The Bertz CT molecular complexity index is 1080. The molecular weight excluding hydrogens is 404 g/mol. The van der Waals surface area contributed by atoms with Crippen LogP contribution in [-0.4, -0.2) is 49.3 Å². The van der Waals surface area contributed by atoms with Gasteiger partial charge in [-0.05, 0) is 49.9 Å². The van der Waals surface area contributed by atoms with Crippen LogP contribution in [-0.2, 0) is 0 Å².